The maximum absolute atomic E-state index is 12.1. The summed E-state index contributed by atoms with van der Waals surface area (Å²) in [5, 5.41) is 3.11. The molecule has 0 aliphatic rings. The van der Waals surface area contributed by atoms with Crippen molar-refractivity contribution in [2.45, 2.75) is 31.6 Å². The van der Waals surface area contributed by atoms with Crippen molar-refractivity contribution < 1.29 is 8.42 Å². The van der Waals surface area contributed by atoms with Gasteiger partial charge in [0, 0.05) is 19.5 Å². The van der Waals surface area contributed by atoms with Crippen LogP contribution in [0.4, 0.5) is 5.69 Å². The summed E-state index contributed by atoms with van der Waals surface area (Å²) in [5.74, 6) is 5.74. The zero-order valence-electron chi connectivity index (χ0n) is 11.4. The maximum atomic E-state index is 12.1. The first-order valence-corrected chi connectivity index (χ1v) is 7.82. The SMILES string of the molecule is CC#CCCNc1ccccc1S(=O)(=O)NCCC. The van der Waals surface area contributed by atoms with Gasteiger partial charge in [0.05, 0.1) is 5.69 Å². The van der Waals surface area contributed by atoms with Gasteiger partial charge in [-0.2, -0.15) is 0 Å². The molecule has 0 radical (unpaired) electrons. The molecule has 5 heteroatoms. The van der Waals surface area contributed by atoms with Crippen LogP contribution in [-0.2, 0) is 10.0 Å². The highest BCUT2D eigenvalue weighted by Crippen LogP contribution is 2.20. The van der Waals surface area contributed by atoms with E-state index in [0.717, 1.165) is 6.42 Å². The van der Waals surface area contributed by atoms with E-state index in [1.165, 1.54) is 0 Å². The number of hydrogen-bond acceptors (Lipinski definition) is 3. The van der Waals surface area contributed by atoms with Gasteiger partial charge in [0.15, 0.2) is 0 Å². The Labute approximate surface area is 115 Å². The number of sulfonamides is 1. The first kappa shape index (κ1) is 15.5. The lowest BCUT2D eigenvalue weighted by Gasteiger charge is -2.12. The molecule has 1 aromatic carbocycles. The molecule has 1 rings (SSSR count). The highest BCUT2D eigenvalue weighted by atomic mass is 32.2. The molecular formula is C14H20N2O2S. The van der Waals surface area contributed by atoms with Crippen molar-refractivity contribution in [3.8, 4) is 11.8 Å². The number of anilines is 1. The second-order valence-electron chi connectivity index (χ2n) is 4.00. The minimum Gasteiger partial charge on any atom is -0.383 e. The third kappa shape index (κ3) is 4.93. The summed E-state index contributed by atoms with van der Waals surface area (Å²) in [6, 6.07) is 6.90. The molecule has 0 aromatic heterocycles. The molecule has 0 spiro atoms. The van der Waals surface area contributed by atoms with Crippen LogP contribution in [0.15, 0.2) is 29.2 Å². The predicted molar refractivity (Wildman–Crippen MR) is 78.5 cm³/mol. The minimum absolute atomic E-state index is 0.285. The summed E-state index contributed by atoms with van der Waals surface area (Å²) in [5.41, 5.74) is 0.615. The first-order chi connectivity index (χ1) is 9.11. The van der Waals surface area contributed by atoms with E-state index in [1.54, 1.807) is 25.1 Å². The van der Waals surface area contributed by atoms with Crippen LogP contribution in [0.25, 0.3) is 0 Å². The molecule has 4 nitrogen and oxygen atoms in total. The number of hydrogen-bond donors (Lipinski definition) is 2. The fourth-order valence-electron chi connectivity index (χ4n) is 1.55. The van der Waals surface area contributed by atoms with Crippen molar-refractivity contribution in [3.63, 3.8) is 0 Å². The van der Waals surface area contributed by atoms with Gasteiger partial charge >= 0.3 is 0 Å². The summed E-state index contributed by atoms with van der Waals surface area (Å²) in [7, 11) is -3.44. The van der Waals surface area contributed by atoms with Crippen molar-refractivity contribution in [1.29, 1.82) is 0 Å². The molecule has 0 fully saturated rings. The number of rotatable bonds is 7. The van der Waals surface area contributed by atoms with Crippen LogP contribution in [0.2, 0.25) is 0 Å². The molecule has 2 N–H and O–H groups in total. The zero-order valence-corrected chi connectivity index (χ0v) is 12.2. The Hall–Kier alpha value is -1.51. The lowest BCUT2D eigenvalue weighted by atomic mass is 10.3. The van der Waals surface area contributed by atoms with E-state index in [-0.39, 0.29) is 4.90 Å². The van der Waals surface area contributed by atoms with Crippen molar-refractivity contribution in [3.05, 3.63) is 24.3 Å². The zero-order chi connectivity index (χ0) is 14.1. The van der Waals surface area contributed by atoms with Crippen molar-refractivity contribution >= 4 is 15.7 Å². The first-order valence-electron chi connectivity index (χ1n) is 6.34. The molecule has 104 valence electrons. The van der Waals surface area contributed by atoms with Gasteiger partial charge in [0.2, 0.25) is 10.0 Å². The van der Waals surface area contributed by atoms with Crippen LogP contribution in [0, 0.1) is 11.8 Å². The van der Waals surface area contributed by atoms with E-state index in [2.05, 4.69) is 21.9 Å². The predicted octanol–water partition coefficient (Wildman–Crippen LogP) is 2.20. The molecule has 0 atom stereocenters. The lowest BCUT2D eigenvalue weighted by molar-refractivity contribution is 0.581. The van der Waals surface area contributed by atoms with Gasteiger partial charge in [-0.1, -0.05) is 19.1 Å². The van der Waals surface area contributed by atoms with Gasteiger partial charge in [0.25, 0.3) is 0 Å². The van der Waals surface area contributed by atoms with E-state index in [0.29, 0.717) is 25.2 Å². The monoisotopic (exact) mass is 280 g/mol. The van der Waals surface area contributed by atoms with Gasteiger partial charge in [-0.15, -0.1) is 11.8 Å². The van der Waals surface area contributed by atoms with Gasteiger partial charge in [-0.05, 0) is 25.5 Å². The number of nitrogens with one attached hydrogen (secondary N) is 2. The van der Waals surface area contributed by atoms with Crippen LogP contribution >= 0.6 is 0 Å². The third-order valence-electron chi connectivity index (χ3n) is 2.46. The molecule has 0 aliphatic carbocycles. The molecule has 0 amide bonds. The largest absolute Gasteiger partial charge is 0.383 e. The van der Waals surface area contributed by atoms with Gasteiger partial charge in [-0.3, -0.25) is 0 Å². The Kier molecular flexibility index (Phi) is 6.40. The second kappa shape index (κ2) is 7.82. The Morgan fingerprint density at radius 1 is 1.21 bits per heavy atom. The molecule has 19 heavy (non-hydrogen) atoms. The average molecular weight is 280 g/mol. The highest BCUT2D eigenvalue weighted by molar-refractivity contribution is 7.89. The topological polar surface area (TPSA) is 58.2 Å². The number of para-hydroxylation sites is 1. The van der Waals surface area contributed by atoms with E-state index in [9.17, 15) is 8.42 Å². The van der Waals surface area contributed by atoms with Crippen LogP contribution < -0.4 is 10.0 Å². The Balaban J connectivity index is 2.85. The summed E-state index contributed by atoms with van der Waals surface area (Å²) < 4.78 is 26.8. The Morgan fingerprint density at radius 2 is 1.95 bits per heavy atom. The standard InChI is InChI=1S/C14H20N2O2S/c1-3-5-8-12-15-13-9-6-7-10-14(13)19(17,18)16-11-4-2/h6-7,9-10,15-16H,4,8,11-12H2,1-2H3. The van der Waals surface area contributed by atoms with Crippen LogP contribution in [0.3, 0.4) is 0 Å². The smallest absolute Gasteiger partial charge is 0.242 e. The Bertz CT molecular complexity index is 556. The Morgan fingerprint density at radius 3 is 2.63 bits per heavy atom. The molecule has 1 aromatic rings. The van der Waals surface area contributed by atoms with E-state index in [1.807, 2.05) is 13.0 Å². The molecule has 0 heterocycles. The fraction of sp³-hybridized carbons (Fsp3) is 0.429. The van der Waals surface area contributed by atoms with Crippen molar-refractivity contribution in [2.24, 2.45) is 0 Å². The van der Waals surface area contributed by atoms with Crippen LogP contribution in [0.1, 0.15) is 26.7 Å². The normalized spacial score (nSPS) is 10.6. The van der Waals surface area contributed by atoms with Crippen LogP contribution in [0.5, 0.6) is 0 Å². The maximum Gasteiger partial charge on any atom is 0.242 e. The van der Waals surface area contributed by atoms with E-state index < -0.39 is 10.0 Å². The van der Waals surface area contributed by atoms with Gasteiger partial charge in [-0.25, -0.2) is 13.1 Å². The summed E-state index contributed by atoms with van der Waals surface area (Å²) in [6.07, 6.45) is 1.45. The fourth-order valence-corrected chi connectivity index (χ4v) is 2.86. The van der Waals surface area contributed by atoms with Crippen molar-refractivity contribution in [1.82, 2.24) is 4.72 Å². The summed E-state index contributed by atoms with van der Waals surface area (Å²) in [6.45, 7) is 4.78. The lowest BCUT2D eigenvalue weighted by Crippen LogP contribution is -2.25. The van der Waals surface area contributed by atoms with Gasteiger partial charge in [0.1, 0.15) is 4.90 Å². The van der Waals surface area contributed by atoms with E-state index in [4.69, 9.17) is 0 Å². The molecule has 0 saturated heterocycles. The third-order valence-corrected chi connectivity index (χ3v) is 3.98. The van der Waals surface area contributed by atoms with Crippen molar-refractivity contribution in [2.75, 3.05) is 18.4 Å². The summed E-state index contributed by atoms with van der Waals surface area (Å²) in [4.78, 5) is 0.285. The summed E-state index contributed by atoms with van der Waals surface area (Å²) >= 11 is 0. The molecule has 0 saturated carbocycles. The van der Waals surface area contributed by atoms with Gasteiger partial charge < -0.3 is 5.32 Å². The molecule has 0 aliphatic heterocycles. The molecular weight excluding hydrogens is 260 g/mol. The minimum atomic E-state index is -3.44. The average Bonchev–Trinajstić information content (AvgIpc) is 2.42. The van der Waals surface area contributed by atoms with Crippen LogP contribution in [-0.4, -0.2) is 21.5 Å². The molecule has 0 unspecified atom stereocenters. The second-order valence-corrected chi connectivity index (χ2v) is 5.73. The quantitative estimate of drug-likeness (QED) is 0.594. The number of benzene rings is 1. The molecule has 0 bridgehead atoms. The van der Waals surface area contributed by atoms with E-state index >= 15 is 0 Å². The highest BCUT2D eigenvalue weighted by Gasteiger charge is 2.16.